The monoisotopic (exact) mass is 621 g/mol. The molecule has 44 heavy (non-hydrogen) atoms. The Morgan fingerprint density at radius 3 is 2.50 bits per heavy atom. The van der Waals surface area contributed by atoms with Crippen LogP contribution in [-0.2, 0) is 15.6 Å². The highest BCUT2D eigenvalue weighted by Gasteiger charge is 2.37. The number of halogens is 1. The van der Waals surface area contributed by atoms with Crippen molar-refractivity contribution >= 4 is 27.3 Å². The zero-order chi connectivity index (χ0) is 30.9. The number of nitrogens with zero attached hydrogens (tertiary/aromatic N) is 7. The van der Waals surface area contributed by atoms with Crippen LogP contribution in [0, 0.1) is 0 Å². The van der Waals surface area contributed by atoms with E-state index in [4.69, 9.17) is 0 Å². The van der Waals surface area contributed by atoms with Gasteiger partial charge in [0.2, 0.25) is 0 Å². The minimum absolute atomic E-state index is 0.185. The molecule has 0 amide bonds. The average Bonchev–Trinajstić information content (AvgIpc) is 3.75. The van der Waals surface area contributed by atoms with Gasteiger partial charge in [0.1, 0.15) is 18.3 Å². The van der Waals surface area contributed by atoms with Crippen LogP contribution < -0.4 is 10.6 Å². The van der Waals surface area contributed by atoms with E-state index in [9.17, 15) is 17.9 Å². The number of nitrogens with one attached hydrogen (secondary N) is 2. The number of aliphatic hydroxyl groups is 1. The number of pyridine rings is 2. The van der Waals surface area contributed by atoms with Crippen LogP contribution in [0.25, 0.3) is 22.6 Å². The lowest BCUT2D eigenvalue weighted by molar-refractivity contribution is 0.0782. The molecule has 0 spiro atoms. The Morgan fingerprint density at radius 2 is 1.82 bits per heavy atom. The first-order valence-corrected chi connectivity index (χ1v) is 16.2. The van der Waals surface area contributed by atoms with Gasteiger partial charge in [-0.3, -0.25) is 4.98 Å². The van der Waals surface area contributed by atoms with Gasteiger partial charge in [-0.1, -0.05) is 6.07 Å². The fourth-order valence-corrected chi connectivity index (χ4v) is 6.66. The minimum Gasteiger partial charge on any atom is -0.386 e. The Kier molecular flexibility index (Phi) is 8.31. The van der Waals surface area contributed by atoms with E-state index in [0.29, 0.717) is 53.7 Å². The molecule has 12 nitrogen and oxygen atoms in total. The van der Waals surface area contributed by atoms with Crippen LogP contribution >= 0.6 is 0 Å². The molecule has 0 unspecified atom stereocenters. The zero-order valence-electron chi connectivity index (χ0n) is 24.7. The summed E-state index contributed by atoms with van der Waals surface area (Å²) in [4.78, 5) is 20.3. The number of anilines is 3. The maximum Gasteiger partial charge on any atom is 0.256 e. The quantitative estimate of drug-likeness (QED) is 0.223. The van der Waals surface area contributed by atoms with Crippen molar-refractivity contribution in [1.82, 2.24) is 34.0 Å². The number of piperidine rings is 1. The van der Waals surface area contributed by atoms with E-state index in [0.717, 1.165) is 41.3 Å². The lowest BCUT2D eigenvalue weighted by Gasteiger charge is -2.32. The first kappa shape index (κ1) is 30.0. The van der Waals surface area contributed by atoms with E-state index >= 15 is 0 Å². The van der Waals surface area contributed by atoms with Crippen molar-refractivity contribution < 1.29 is 17.9 Å². The number of likely N-dealkylation sites (tertiary alicyclic amines) is 1. The number of hydrogen-bond donors (Lipinski definition) is 3. The van der Waals surface area contributed by atoms with Crippen LogP contribution in [0.3, 0.4) is 0 Å². The molecular formula is C30H36FN9O3S. The second-order valence-corrected chi connectivity index (χ2v) is 13.9. The van der Waals surface area contributed by atoms with Crippen LogP contribution in [0.2, 0.25) is 0 Å². The molecular weight excluding hydrogens is 585 g/mol. The Bertz CT molecular complexity index is 1710. The van der Waals surface area contributed by atoms with Gasteiger partial charge in [0.15, 0.2) is 5.82 Å². The predicted molar refractivity (Wildman–Crippen MR) is 166 cm³/mol. The summed E-state index contributed by atoms with van der Waals surface area (Å²) in [6, 6.07) is 7.51. The molecule has 2 fully saturated rings. The van der Waals surface area contributed by atoms with Crippen molar-refractivity contribution in [2.75, 3.05) is 36.9 Å². The van der Waals surface area contributed by atoms with Gasteiger partial charge in [0.05, 0.1) is 34.5 Å². The molecule has 1 saturated carbocycles. The van der Waals surface area contributed by atoms with E-state index < -0.39 is 15.6 Å². The van der Waals surface area contributed by atoms with Gasteiger partial charge in [0, 0.05) is 67.1 Å². The third-order valence-corrected chi connectivity index (χ3v) is 9.97. The summed E-state index contributed by atoms with van der Waals surface area (Å²) in [5.41, 5.74) is 2.53. The molecule has 6 rings (SSSR count). The summed E-state index contributed by atoms with van der Waals surface area (Å²) in [5, 5.41) is 20.9. The first-order chi connectivity index (χ1) is 21.1. The smallest absolute Gasteiger partial charge is 0.256 e. The zero-order valence-corrected chi connectivity index (χ0v) is 25.5. The summed E-state index contributed by atoms with van der Waals surface area (Å²) < 4.78 is 39.0. The summed E-state index contributed by atoms with van der Waals surface area (Å²) in [5.74, 6) is 1.35. The normalized spacial score (nSPS) is 16.6. The number of hydrogen-bond acceptors (Lipinski definition) is 11. The Hall–Kier alpha value is -4.01. The standard InChI is InChI=1S/C30H36FN9O3S/c1-30(2,41)21-3-6-25(33-17-21)24-18-34-28(15-26(24)36-22-8-12-39(13-9-22)14-10-31)37-27-7-11-32-29(38-27)20-16-35-40(19-20)44(42,43)23-4-5-23/h3,6-7,11,15-19,22-23,41H,4-5,8-10,12-14H2,1-2H3,(H2,32,34,36,37,38). The fourth-order valence-electron chi connectivity index (χ4n) is 5.18. The molecule has 3 N–H and O–H groups in total. The van der Waals surface area contributed by atoms with E-state index in [1.165, 1.54) is 12.4 Å². The lowest BCUT2D eigenvalue weighted by atomic mass is 9.99. The third kappa shape index (κ3) is 6.71. The van der Waals surface area contributed by atoms with Gasteiger partial charge < -0.3 is 20.6 Å². The van der Waals surface area contributed by atoms with Crippen LogP contribution in [0.1, 0.15) is 45.1 Å². The molecule has 232 valence electrons. The molecule has 4 aromatic heterocycles. The second kappa shape index (κ2) is 12.2. The van der Waals surface area contributed by atoms with Crippen molar-refractivity contribution in [3.63, 3.8) is 0 Å². The molecule has 0 aromatic carbocycles. The van der Waals surface area contributed by atoms with Crippen molar-refractivity contribution in [1.29, 1.82) is 0 Å². The van der Waals surface area contributed by atoms with Crippen LogP contribution in [0.4, 0.5) is 21.7 Å². The van der Waals surface area contributed by atoms with E-state index in [-0.39, 0.29) is 18.0 Å². The van der Waals surface area contributed by atoms with Gasteiger partial charge in [-0.2, -0.15) is 9.19 Å². The largest absolute Gasteiger partial charge is 0.386 e. The Balaban J connectivity index is 1.25. The molecule has 5 heterocycles. The third-order valence-electron chi connectivity index (χ3n) is 7.93. The van der Waals surface area contributed by atoms with E-state index in [1.54, 1.807) is 38.5 Å². The van der Waals surface area contributed by atoms with Crippen molar-refractivity contribution in [3.05, 3.63) is 60.8 Å². The van der Waals surface area contributed by atoms with Gasteiger partial charge in [-0.05, 0) is 51.7 Å². The van der Waals surface area contributed by atoms with Crippen molar-refractivity contribution in [2.45, 2.75) is 56.4 Å². The SMILES string of the molecule is CC(C)(O)c1ccc(-c2cnc(Nc3ccnc(-c4cnn(S(=O)(=O)C5CC5)c4)n3)cc2NC2CCN(CCF)CC2)nc1. The number of aromatic nitrogens is 6. The predicted octanol–water partition coefficient (Wildman–Crippen LogP) is 3.95. The molecule has 1 saturated heterocycles. The van der Waals surface area contributed by atoms with Crippen LogP contribution in [0.5, 0.6) is 0 Å². The molecule has 14 heteroatoms. The maximum absolute atomic E-state index is 12.9. The highest BCUT2D eigenvalue weighted by molar-refractivity contribution is 7.90. The number of alkyl halides is 1. The van der Waals surface area contributed by atoms with Crippen LogP contribution in [0.15, 0.2) is 55.2 Å². The summed E-state index contributed by atoms with van der Waals surface area (Å²) in [7, 11) is -3.49. The van der Waals surface area contributed by atoms with Crippen LogP contribution in [-0.4, -0.2) is 85.1 Å². The lowest BCUT2D eigenvalue weighted by Crippen LogP contribution is -2.40. The molecule has 0 atom stereocenters. The van der Waals surface area contributed by atoms with Crippen molar-refractivity contribution in [2.24, 2.45) is 0 Å². The summed E-state index contributed by atoms with van der Waals surface area (Å²) >= 11 is 0. The van der Waals surface area contributed by atoms with E-state index in [2.05, 4.69) is 40.6 Å². The highest BCUT2D eigenvalue weighted by Crippen LogP contribution is 2.33. The molecule has 0 bridgehead atoms. The molecule has 4 aromatic rings. The van der Waals surface area contributed by atoms with Gasteiger partial charge in [0.25, 0.3) is 10.0 Å². The maximum atomic E-state index is 12.9. The van der Waals surface area contributed by atoms with Gasteiger partial charge >= 0.3 is 0 Å². The fraction of sp³-hybridized carbons (Fsp3) is 0.433. The second-order valence-electron chi connectivity index (χ2n) is 11.8. The summed E-state index contributed by atoms with van der Waals surface area (Å²) in [6.45, 7) is 5.17. The molecule has 1 aliphatic heterocycles. The molecule has 1 aliphatic carbocycles. The molecule has 2 aliphatic rings. The molecule has 0 radical (unpaired) electrons. The first-order valence-electron chi connectivity index (χ1n) is 14.7. The highest BCUT2D eigenvalue weighted by atomic mass is 32.2. The topological polar surface area (TPSA) is 151 Å². The van der Waals surface area contributed by atoms with Crippen molar-refractivity contribution in [3.8, 4) is 22.6 Å². The average molecular weight is 622 g/mol. The Morgan fingerprint density at radius 1 is 1.02 bits per heavy atom. The van der Waals surface area contributed by atoms with E-state index in [1.807, 2.05) is 18.2 Å². The van der Waals surface area contributed by atoms with Gasteiger partial charge in [-0.15, -0.1) is 0 Å². The number of rotatable bonds is 11. The summed E-state index contributed by atoms with van der Waals surface area (Å²) in [6.07, 6.45) is 10.9. The van der Waals surface area contributed by atoms with Gasteiger partial charge in [-0.25, -0.2) is 27.8 Å². The Labute approximate surface area is 255 Å². The minimum atomic E-state index is -3.49.